The van der Waals surface area contributed by atoms with Crippen LogP contribution in [0.3, 0.4) is 0 Å². The van der Waals surface area contributed by atoms with E-state index in [4.69, 9.17) is 9.84 Å². The maximum Gasteiger partial charge on any atom is 0.416 e. The van der Waals surface area contributed by atoms with E-state index in [9.17, 15) is 18.0 Å². The number of nitrogens with zero attached hydrogens (tertiary/aromatic N) is 4. The number of halogens is 3. The van der Waals surface area contributed by atoms with Crippen molar-refractivity contribution in [2.45, 2.75) is 76.7 Å². The fourth-order valence-corrected chi connectivity index (χ4v) is 4.63. The first-order valence-electron chi connectivity index (χ1n) is 12.0. The molecule has 8 nitrogen and oxygen atoms in total. The second-order valence-corrected chi connectivity index (χ2v) is 10.4. The van der Waals surface area contributed by atoms with Crippen LogP contribution in [0.5, 0.6) is 0 Å². The molecule has 2 atom stereocenters. The Balaban J connectivity index is 1.74. The minimum atomic E-state index is -4.50. The first-order chi connectivity index (χ1) is 16.4. The van der Waals surface area contributed by atoms with Gasteiger partial charge in [0.2, 0.25) is 0 Å². The van der Waals surface area contributed by atoms with Gasteiger partial charge in [-0.25, -0.2) is 14.5 Å². The van der Waals surface area contributed by atoms with Gasteiger partial charge in [-0.15, -0.1) is 0 Å². The minimum Gasteiger partial charge on any atom is -0.446 e. The summed E-state index contributed by atoms with van der Waals surface area (Å²) in [5, 5.41) is 10.7. The highest BCUT2D eigenvalue weighted by molar-refractivity contribution is 5.67. The third-order valence-corrected chi connectivity index (χ3v) is 6.32. The van der Waals surface area contributed by atoms with Crippen LogP contribution in [0.2, 0.25) is 0 Å². The van der Waals surface area contributed by atoms with Gasteiger partial charge in [0.05, 0.1) is 22.5 Å². The Hall–Kier alpha value is -2.82. The SMILES string of the molecule is CN1CCCNC(=O)O[C@@H]2CC[C@@H](C2)c2cc(n(C(C)(C)C)n2)Nc2cc(C(F)(F)F)cc(n2)C1. The van der Waals surface area contributed by atoms with E-state index in [1.54, 1.807) is 4.68 Å². The van der Waals surface area contributed by atoms with Crippen molar-refractivity contribution in [2.24, 2.45) is 0 Å². The molecule has 1 fully saturated rings. The van der Waals surface area contributed by atoms with Gasteiger partial charge < -0.3 is 20.3 Å². The average Bonchev–Trinajstić information content (AvgIpc) is 3.36. The molecule has 6 bridgehead atoms. The third kappa shape index (κ3) is 6.25. The van der Waals surface area contributed by atoms with Gasteiger partial charge in [-0.05, 0) is 72.2 Å². The average molecular weight is 495 g/mol. The Kier molecular flexibility index (Phi) is 6.99. The van der Waals surface area contributed by atoms with Crippen LogP contribution in [0.1, 0.15) is 69.3 Å². The van der Waals surface area contributed by atoms with E-state index >= 15 is 0 Å². The molecule has 1 amide bonds. The molecule has 2 aliphatic rings. The smallest absolute Gasteiger partial charge is 0.416 e. The zero-order valence-electron chi connectivity index (χ0n) is 20.6. The molecule has 11 heteroatoms. The Morgan fingerprint density at radius 2 is 1.91 bits per heavy atom. The van der Waals surface area contributed by atoms with E-state index < -0.39 is 23.4 Å². The quantitative estimate of drug-likeness (QED) is 0.537. The lowest BCUT2D eigenvalue weighted by Crippen LogP contribution is -2.31. The van der Waals surface area contributed by atoms with Crippen molar-refractivity contribution in [1.29, 1.82) is 0 Å². The maximum absolute atomic E-state index is 13.7. The van der Waals surface area contributed by atoms with Gasteiger partial charge in [-0.2, -0.15) is 18.3 Å². The molecular weight excluding hydrogens is 461 g/mol. The molecule has 0 radical (unpaired) electrons. The van der Waals surface area contributed by atoms with E-state index in [0.717, 1.165) is 30.7 Å². The van der Waals surface area contributed by atoms with Crippen LogP contribution in [-0.4, -0.2) is 52.0 Å². The van der Waals surface area contributed by atoms with Crippen molar-refractivity contribution in [1.82, 2.24) is 25.0 Å². The van der Waals surface area contributed by atoms with E-state index in [2.05, 4.69) is 15.6 Å². The number of hydrogen-bond acceptors (Lipinski definition) is 6. The summed E-state index contributed by atoms with van der Waals surface area (Å²) in [4.78, 5) is 18.6. The van der Waals surface area contributed by atoms with Gasteiger partial charge in [-0.1, -0.05) is 0 Å². The van der Waals surface area contributed by atoms with Gasteiger partial charge in [0.25, 0.3) is 0 Å². The highest BCUT2D eigenvalue weighted by atomic mass is 19.4. The number of carbonyl (C=O) groups excluding carboxylic acids is 1. The van der Waals surface area contributed by atoms with Crippen LogP contribution in [0.4, 0.5) is 29.6 Å². The Labute approximate surface area is 203 Å². The molecular formula is C24H33F3N6O2. The van der Waals surface area contributed by atoms with Crippen LogP contribution < -0.4 is 10.6 Å². The van der Waals surface area contributed by atoms with Crippen LogP contribution in [0, 0.1) is 0 Å². The van der Waals surface area contributed by atoms with Crippen molar-refractivity contribution in [3.63, 3.8) is 0 Å². The number of alkyl halides is 3. The predicted molar refractivity (Wildman–Crippen MR) is 126 cm³/mol. The largest absolute Gasteiger partial charge is 0.446 e. The molecule has 2 aromatic heterocycles. The van der Waals surface area contributed by atoms with Crippen LogP contribution in [-0.2, 0) is 23.0 Å². The number of pyridine rings is 1. The third-order valence-electron chi connectivity index (χ3n) is 6.32. The van der Waals surface area contributed by atoms with Gasteiger partial charge in [0.1, 0.15) is 17.7 Å². The lowest BCUT2D eigenvalue weighted by Gasteiger charge is -2.23. The normalized spacial score (nSPS) is 22.5. The molecule has 2 aromatic rings. The molecule has 0 saturated heterocycles. The summed E-state index contributed by atoms with van der Waals surface area (Å²) in [5.74, 6) is 0.789. The van der Waals surface area contributed by atoms with Crippen molar-refractivity contribution in [3.05, 3.63) is 35.2 Å². The lowest BCUT2D eigenvalue weighted by molar-refractivity contribution is -0.137. The maximum atomic E-state index is 13.7. The fourth-order valence-electron chi connectivity index (χ4n) is 4.63. The fraction of sp³-hybridized carbons (Fsp3) is 0.625. The monoisotopic (exact) mass is 494 g/mol. The summed E-state index contributed by atoms with van der Waals surface area (Å²) in [6, 6.07) is 3.99. The molecule has 0 unspecified atom stereocenters. The molecule has 4 rings (SSSR count). The second-order valence-electron chi connectivity index (χ2n) is 10.4. The predicted octanol–water partition coefficient (Wildman–Crippen LogP) is 4.99. The molecule has 1 aliphatic carbocycles. The van der Waals surface area contributed by atoms with Crippen LogP contribution in [0.15, 0.2) is 18.2 Å². The van der Waals surface area contributed by atoms with E-state index in [1.807, 2.05) is 38.8 Å². The number of carbonyl (C=O) groups is 1. The molecule has 2 N–H and O–H groups in total. The number of fused-ring (bicyclic) bond motifs is 7. The molecule has 0 aromatic carbocycles. The van der Waals surface area contributed by atoms with E-state index in [0.29, 0.717) is 37.4 Å². The molecule has 1 aliphatic heterocycles. The Bertz CT molecular complexity index is 1060. The first kappa shape index (κ1) is 25.3. The number of alkyl carbamates (subject to hydrolysis) is 1. The zero-order chi connectivity index (χ0) is 25.4. The summed E-state index contributed by atoms with van der Waals surface area (Å²) in [7, 11) is 1.81. The summed E-state index contributed by atoms with van der Waals surface area (Å²) >= 11 is 0. The Morgan fingerprint density at radius 3 is 2.63 bits per heavy atom. The molecule has 35 heavy (non-hydrogen) atoms. The lowest BCUT2D eigenvalue weighted by atomic mass is 10.0. The highest BCUT2D eigenvalue weighted by Crippen LogP contribution is 2.38. The zero-order valence-corrected chi connectivity index (χ0v) is 20.6. The van der Waals surface area contributed by atoms with Gasteiger partial charge in [-0.3, -0.25) is 0 Å². The number of anilines is 2. The van der Waals surface area contributed by atoms with Crippen LogP contribution >= 0.6 is 0 Å². The van der Waals surface area contributed by atoms with Crippen molar-refractivity contribution >= 4 is 17.7 Å². The number of amides is 1. The van der Waals surface area contributed by atoms with Crippen molar-refractivity contribution in [2.75, 3.05) is 25.5 Å². The molecule has 3 heterocycles. The van der Waals surface area contributed by atoms with Gasteiger partial charge in [0, 0.05) is 25.1 Å². The number of ether oxygens (including phenoxy) is 1. The molecule has 0 spiro atoms. The summed E-state index contributed by atoms with van der Waals surface area (Å²) in [6.07, 6.45) is -2.28. The van der Waals surface area contributed by atoms with Crippen molar-refractivity contribution < 1.29 is 22.7 Å². The Morgan fingerprint density at radius 1 is 1.14 bits per heavy atom. The molecule has 192 valence electrons. The van der Waals surface area contributed by atoms with Gasteiger partial charge >= 0.3 is 12.3 Å². The highest BCUT2D eigenvalue weighted by Gasteiger charge is 2.34. The summed E-state index contributed by atoms with van der Waals surface area (Å²) in [5.41, 5.74) is -0.0443. The summed E-state index contributed by atoms with van der Waals surface area (Å²) < 4.78 is 48.5. The first-order valence-corrected chi connectivity index (χ1v) is 12.0. The van der Waals surface area contributed by atoms with Crippen molar-refractivity contribution in [3.8, 4) is 0 Å². The van der Waals surface area contributed by atoms with E-state index in [-0.39, 0.29) is 24.4 Å². The number of nitrogens with one attached hydrogen (secondary N) is 2. The number of aromatic nitrogens is 3. The number of hydrogen-bond donors (Lipinski definition) is 2. The van der Waals surface area contributed by atoms with Gasteiger partial charge in [0.15, 0.2) is 0 Å². The topological polar surface area (TPSA) is 84.3 Å². The molecule has 1 saturated carbocycles. The summed E-state index contributed by atoms with van der Waals surface area (Å²) in [6.45, 7) is 7.17. The van der Waals surface area contributed by atoms with Crippen LogP contribution in [0.25, 0.3) is 0 Å². The standard InChI is InChI=1S/C24H33F3N6O2/c1-23(2,3)33-21-13-19(31-33)15-6-7-18(10-15)35-22(34)28-8-5-9-32(4)14-17-11-16(24(25,26)27)12-20(29-17)30-21/h11-13,15,18H,5-10,14H2,1-4H3,(H,28,34)(H,29,30)/t15-,18+/m0/s1. The number of rotatable bonds is 0. The van der Waals surface area contributed by atoms with E-state index in [1.165, 1.54) is 0 Å². The minimum absolute atomic E-state index is 0.0921. The second kappa shape index (κ2) is 9.67.